The Morgan fingerprint density at radius 3 is 2.85 bits per heavy atom. The molecule has 0 aromatic carbocycles. The zero-order valence-electron chi connectivity index (χ0n) is 15.8. The zero-order chi connectivity index (χ0) is 19.2. The number of carbonyl (C=O) groups excluding carboxylic acids is 3. The minimum Gasteiger partial charge on any atom is -0.368 e. The van der Waals surface area contributed by atoms with Gasteiger partial charge in [-0.1, -0.05) is 6.42 Å². The molecule has 3 heterocycles. The molecule has 0 bridgehead atoms. The maximum Gasteiger partial charge on any atom is 0.237 e. The lowest BCUT2D eigenvalue weighted by Gasteiger charge is -2.33. The van der Waals surface area contributed by atoms with Gasteiger partial charge in [0.1, 0.15) is 12.4 Å². The summed E-state index contributed by atoms with van der Waals surface area (Å²) in [5.74, 6) is 0.779. The van der Waals surface area contributed by atoms with Crippen molar-refractivity contribution in [1.29, 1.82) is 0 Å². The fourth-order valence-corrected chi connectivity index (χ4v) is 4.06. The number of hydrogen-bond acceptors (Lipinski definition) is 4. The molecule has 148 valence electrons. The molecule has 1 aromatic rings. The van der Waals surface area contributed by atoms with Crippen LogP contribution < -0.4 is 5.73 Å². The molecule has 1 aromatic heterocycles. The summed E-state index contributed by atoms with van der Waals surface area (Å²) < 4.78 is 1.77. The third-order valence-electron chi connectivity index (χ3n) is 5.48. The predicted molar refractivity (Wildman–Crippen MR) is 99.6 cm³/mol. The first-order chi connectivity index (χ1) is 13.0. The smallest absolute Gasteiger partial charge is 0.237 e. The second-order valence-electron chi connectivity index (χ2n) is 7.50. The van der Waals surface area contributed by atoms with E-state index in [0.29, 0.717) is 25.9 Å². The summed E-state index contributed by atoms with van der Waals surface area (Å²) in [5.41, 5.74) is 5.31. The van der Waals surface area contributed by atoms with Gasteiger partial charge in [-0.3, -0.25) is 14.4 Å². The van der Waals surface area contributed by atoms with Crippen molar-refractivity contribution in [3.05, 3.63) is 18.2 Å². The van der Waals surface area contributed by atoms with Crippen LogP contribution in [0.5, 0.6) is 0 Å². The highest BCUT2D eigenvalue weighted by atomic mass is 16.2. The van der Waals surface area contributed by atoms with Crippen LogP contribution in [0.2, 0.25) is 0 Å². The normalized spacial score (nSPS) is 21.2. The maximum absolute atomic E-state index is 12.7. The largest absolute Gasteiger partial charge is 0.368 e. The molecule has 2 N–H and O–H groups in total. The van der Waals surface area contributed by atoms with E-state index in [1.807, 2.05) is 9.80 Å². The molecule has 2 aliphatic heterocycles. The Hall–Kier alpha value is -2.38. The lowest BCUT2D eigenvalue weighted by atomic mass is 9.96. The van der Waals surface area contributed by atoms with Crippen molar-refractivity contribution in [2.75, 3.05) is 26.2 Å². The van der Waals surface area contributed by atoms with Gasteiger partial charge in [0.2, 0.25) is 17.7 Å². The van der Waals surface area contributed by atoms with Gasteiger partial charge in [-0.25, -0.2) is 4.98 Å². The Kier molecular flexibility index (Phi) is 6.47. The number of primary amides is 1. The molecular formula is C19H29N5O3. The minimum absolute atomic E-state index is 0.0877. The average Bonchev–Trinajstić information content (AvgIpc) is 3.00. The van der Waals surface area contributed by atoms with Crippen molar-refractivity contribution in [3.8, 4) is 0 Å². The van der Waals surface area contributed by atoms with Crippen molar-refractivity contribution < 1.29 is 14.4 Å². The van der Waals surface area contributed by atoms with E-state index in [4.69, 9.17) is 5.73 Å². The van der Waals surface area contributed by atoms with Crippen molar-refractivity contribution in [3.63, 3.8) is 0 Å². The van der Waals surface area contributed by atoms with Gasteiger partial charge in [0.25, 0.3) is 0 Å². The Labute approximate surface area is 159 Å². The molecule has 0 radical (unpaired) electrons. The van der Waals surface area contributed by atoms with Crippen LogP contribution in [0.1, 0.15) is 56.7 Å². The lowest BCUT2D eigenvalue weighted by molar-refractivity contribution is -0.135. The molecular weight excluding hydrogens is 346 g/mol. The highest BCUT2D eigenvalue weighted by molar-refractivity contribution is 5.79. The van der Waals surface area contributed by atoms with Crippen LogP contribution in [-0.2, 0) is 20.9 Å². The monoisotopic (exact) mass is 375 g/mol. The molecule has 3 amide bonds. The molecule has 0 spiro atoms. The van der Waals surface area contributed by atoms with Gasteiger partial charge in [-0.15, -0.1) is 0 Å². The second-order valence-corrected chi connectivity index (χ2v) is 7.50. The second kappa shape index (κ2) is 9.01. The molecule has 2 saturated heterocycles. The molecule has 0 unspecified atom stereocenters. The number of rotatable bonds is 6. The third-order valence-corrected chi connectivity index (χ3v) is 5.48. The molecule has 27 heavy (non-hydrogen) atoms. The van der Waals surface area contributed by atoms with Crippen LogP contribution in [0.15, 0.2) is 12.4 Å². The first kappa shape index (κ1) is 19.4. The molecule has 2 aliphatic rings. The minimum atomic E-state index is -0.403. The fraction of sp³-hybridized carbons (Fsp3) is 0.684. The van der Waals surface area contributed by atoms with E-state index in [-0.39, 0.29) is 24.3 Å². The van der Waals surface area contributed by atoms with E-state index in [9.17, 15) is 14.4 Å². The van der Waals surface area contributed by atoms with Crippen molar-refractivity contribution in [2.24, 2.45) is 5.73 Å². The van der Waals surface area contributed by atoms with Gasteiger partial charge in [0, 0.05) is 57.3 Å². The summed E-state index contributed by atoms with van der Waals surface area (Å²) in [6, 6.07) is 0. The summed E-state index contributed by atoms with van der Waals surface area (Å²) in [6.07, 6.45) is 9.30. The van der Waals surface area contributed by atoms with Crippen LogP contribution in [0, 0.1) is 0 Å². The zero-order valence-corrected chi connectivity index (χ0v) is 15.8. The summed E-state index contributed by atoms with van der Waals surface area (Å²) in [7, 11) is 0. The van der Waals surface area contributed by atoms with Crippen LogP contribution in [-0.4, -0.2) is 63.3 Å². The van der Waals surface area contributed by atoms with Gasteiger partial charge in [-0.2, -0.15) is 0 Å². The number of likely N-dealkylation sites (tertiary alicyclic amines) is 2. The summed E-state index contributed by atoms with van der Waals surface area (Å²) in [5, 5.41) is 0. The standard InChI is InChI=1S/C19H29N5O3/c20-16(25)14-24-12-8-21-19(24)15-5-4-10-23(13-15)18(27)7-11-22-9-3-1-2-6-17(22)26/h8,12,15H,1-7,9-11,13-14H2,(H2,20,25)/t15-/m1/s1. The van der Waals surface area contributed by atoms with Crippen LogP contribution in [0.3, 0.4) is 0 Å². The number of nitrogens with two attached hydrogens (primary N) is 1. The third kappa shape index (κ3) is 5.08. The van der Waals surface area contributed by atoms with Gasteiger partial charge < -0.3 is 20.1 Å². The number of piperidine rings is 1. The van der Waals surface area contributed by atoms with Gasteiger partial charge >= 0.3 is 0 Å². The fourth-order valence-electron chi connectivity index (χ4n) is 4.06. The Morgan fingerprint density at radius 1 is 1.19 bits per heavy atom. The molecule has 8 nitrogen and oxygen atoms in total. The van der Waals surface area contributed by atoms with E-state index < -0.39 is 5.91 Å². The van der Waals surface area contributed by atoms with Gasteiger partial charge in [0.15, 0.2) is 0 Å². The summed E-state index contributed by atoms with van der Waals surface area (Å²) >= 11 is 0. The number of imidazole rings is 1. The average molecular weight is 375 g/mol. The van der Waals surface area contributed by atoms with Crippen molar-refractivity contribution in [2.45, 2.75) is 57.4 Å². The number of hydrogen-bond donors (Lipinski definition) is 1. The predicted octanol–water partition coefficient (Wildman–Crippen LogP) is 0.867. The maximum atomic E-state index is 12.7. The first-order valence-electron chi connectivity index (χ1n) is 9.89. The molecule has 0 saturated carbocycles. The Bertz CT molecular complexity index is 687. The summed E-state index contributed by atoms with van der Waals surface area (Å²) in [6.45, 7) is 2.72. The highest BCUT2D eigenvalue weighted by Crippen LogP contribution is 2.26. The molecule has 1 atom stereocenters. The van der Waals surface area contributed by atoms with E-state index >= 15 is 0 Å². The molecule has 2 fully saturated rings. The topological polar surface area (TPSA) is 102 Å². The van der Waals surface area contributed by atoms with E-state index in [1.54, 1.807) is 17.0 Å². The number of carbonyl (C=O) groups is 3. The SMILES string of the molecule is NC(=O)Cn1ccnc1[C@@H]1CCCN(C(=O)CCN2CCCCCC2=O)C1. The molecule has 8 heteroatoms. The van der Waals surface area contributed by atoms with E-state index in [2.05, 4.69) is 4.98 Å². The molecule has 0 aliphatic carbocycles. The van der Waals surface area contributed by atoms with E-state index in [1.165, 1.54) is 0 Å². The number of amides is 3. The molecule has 3 rings (SSSR count). The quantitative estimate of drug-likeness (QED) is 0.797. The highest BCUT2D eigenvalue weighted by Gasteiger charge is 2.28. The summed E-state index contributed by atoms with van der Waals surface area (Å²) in [4.78, 5) is 44.1. The number of nitrogens with zero attached hydrogens (tertiary/aromatic N) is 4. The Morgan fingerprint density at radius 2 is 2.04 bits per heavy atom. The Balaban J connectivity index is 1.56. The van der Waals surface area contributed by atoms with Crippen LogP contribution in [0.4, 0.5) is 0 Å². The van der Waals surface area contributed by atoms with E-state index in [0.717, 1.165) is 51.0 Å². The van der Waals surface area contributed by atoms with Crippen LogP contribution in [0.25, 0.3) is 0 Å². The van der Waals surface area contributed by atoms with Gasteiger partial charge in [-0.05, 0) is 25.7 Å². The van der Waals surface area contributed by atoms with Crippen molar-refractivity contribution in [1.82, 2.24) is 19.4 Å². The van der Waals surface area contributed by atoms with Gasteiger partial charge in [0.05, 0.1) is 0 Å². The van der Waals surface area contributed by atoms with Crippen LogP contribution >= 0.6 is 0 Å². The van der Waals surface area contributed by atoms with Crippen molar-refractivity contribution >= 4 is 17.7 Å². The number of aromatic nitrogens is 2. The first-order valence-corrected chi connectivity index (χ1v) is 9.89. The lowest BCUT2D eigenvalue weighted by Crippen LogP contribution is -2.42.